The third-order valence-corrected chi connectivity index (χ3v) is 3.71. The maximum absolute atomic E-state index is 12.0. The third-order valence-electron chi connectivity index (χ3n) is 2.97. The fourth-order valence-corrected chi connectivity index (χ4v) is 2.40. The topological polar surface area (TPSA) is 57.6 Å². The molecular weight excluding hydrogens is 277 g/mol. The first-order valence-corrected chi connectivity index (χ1v) is 6.20. The molecule has 1 amide bonds. The predicted octanol–water partition coefficient (Wildman–Crippen LogP) is 2.39. The number of carboxylic acid groups (broad SMARTS) is 1. The van der Waals surface area contributed by atoms with Gasteiger partial charge in [0, 0.05) is 6.54 Å². The molecule has 1 aromatic carbocycles. The SMILES string of the molecule is O=C(O)CN1CCC(c2ccc(Cl)c(Cl)c2)C1=O. The molecule has 6 heteroatoms. The molecule has 1 saturated heterocycles. The summed E-state index contributed by atoms with van der Waals surface area (Å²) in [5, 5.41) is 9.54. The predicted molar refractivity (Wildman–Crippen MR) is 68.0 cm³/mol. The number of amides is 1. The fraction of sp³-hybridized carbons (Fsp3) is 0.333. The van der Waals surface area contributed by atoms with Crippen LogP contribution in [0.1, 0.15) is 17.9 Å². The van der Waals surface area contributed by atoms with Crippen molar-refractivity contribution >= 4 is 35.1 Å². The zero-order valence-electron chi connectivity index (χ0n) is 9.40. The maximum atomic E-state index is 12.0. The summed E-state index contributed by atoms with van der Waals surface area (Å²) in [5.41, 5.74) is 0.780. The van der Waals surface area contributed by atoms with Crippen LogP contribution in [-0.4, -0.2) is 35.0 Å². The van der Waals surface area contributed by atoms with Crippen molar-refractivity contribution in [2.24, 2.45) is 0 Å². The smallest absolute Gasteiger partial charge is 0.323 e. The minimum Gasteiger partial charge on any atom is -0.480 e. The number of rotatable bonds is 3. The lowest BCUT2D eigenvalue weighted by Gasteiger charge is -2.14. The van der Waals surface area contributed by atoms with Crippen molar-refractivity contribution in [3.63, 3.8) is 0 Å². The second-order valence-corrected chi connectivity index (χ2v) is 4.98. The Bertz CT molecular complexity index is 504. The van der Waals surface area contributed by atoms with E-state index in [1.165, 1.54) is 4.90 Å². The van der Waals surface area contributed by atoms with Crippen molar-refractivity contribution < 1.29 is 14.7 Å². The first kappa shape index (κ1) is 13.2. The minimum atomic E-state index is -1.00. The molecule has 96 valence electrons. The maximum Gasteiger partial charge on any atom is 0.323 e. The Balaban J connectivity index is 2.18. The molecule has 0 radical (unpaired) electrons. The highest BCUT2D eigenvalue weighted by atomic mass is 35.5. The zero-order valence-corrected chi connectivity index (χ0v) is 10.9. The van der Waals surface area contributed by atoms with E-state index in [2.05, 4.69) is 0 Å². The lowest BCUT2D eigenvalue weighted by molar-refractivity contribution is -0.143. The number of likely N-dealkylation sites (tertiary alicyclic amines) is 1. The van der Waals surface area contributed by atoms with Crippen LogP contribution in [0.3, 0.4) is 0 Å². The Morgan fingerprint density at radius 1 is 1.39 bits per heavy atom. The first-order valence-electron chi connectivity index (χ1n) is 5.44. The summed E-state index contributed by atoms with van der Waals surface area (Å²) in [6.45, 7) is 0.201. The normalized spacial score (nSPS) is 19.3. The molecule has 1 aliphatic rings. The average molecular weight is 288 g/mol. The molecule has 1 fully saturated rings. The van der Waals surface area contributed by atoms with Gasteiger partial charge in [0.15, 0.2) is 0 Å². The summed E-state index contributed by atoms with van der Waals surface area (Å²) in [6.07, 6.45) is 0.601. The van der Waals surface area contributed by atoms with Gasteiger partial charge in [-0.15, -0.1) is 0 Å². The van der Waals surface area contributed by atoms with E-state index in [0.717, 1.165) is 5.56 Å². The minimum absolute atomic E-state index is 0.171. The largest absolute Gasteiger partial charge is 0.480 e. The van der Waals surface area contributed by atoms with Gasteiger partial charge in [0.05, 0.1) is 16.0 Å². The van der Waals surface area contributed by atoms with Crippen LogP contribution < -0.4 is 0 Å². The van der Waals surface area contributed by atoms with Crippen molar-refractivity contribution in [3.8, 4) is 0 Å². The Morgan fingerprint density at radius 2 is 2.11 bits per heavy atom. The molecule has 0 saturated carbocycles. The molecule has 4 nitrogen and oxygen atoms in total. The van der Waals surface area contributed by atoms with Gasteiger partial charge < -0.3 is 10.0 Å². The van der Waals surface area contributed by atoms with Crippen molar-refractivity contribution in [1.29, 1.82) is 0 Å². The number of carbonyl (C=O) groups excluding carboxylic acids is 1. The van der Waals surface area contributed by atoms with E-state index in [9.17, 15) is 9.59 Å². The quantitative estimate of drug-likeness (QED) is 0.929. The number of nitrogens with zero attached hydrogens (tertiary/aromatic N) is 1. The summed E-state index contributed by atoms with van der Waals surface area (Å²) >= 11 is 11.7. The van der Waals surface area contributed by atoms with Crippen molar-refractivity contribution in [1.82, 2.24) is 4.90 Å². The fourth-order valence-electron chi connectivity index (χ4n) is 2.10. The van der Waals surface area contributed by atoms with Crippen LogP contribution >= 0.6 is 23.2 Å². The Kier molecular flexibility index (Phi) is 3.78. The molecule has 1 atom stereocenters. The summed E-state index contributed by atoms with van der Waals surface area (Å²) in [7, 11) is 0. The van der Waals surface area contributed by atoms with Crippen LogP contribution in [-0.2, 0) is 9.59 Å². The van der Waals surface area contributed by atoms with Gasteiger partial charge in [-0.05, 0) is 24.1 Å². The molecule has 0 spiro atoms. The van der Waals surface area contributed by atoms with Gasteiger partial charge in [0.1, 0.15) is 6.54 Å². The highest BCUT2D eigenvalue weighted by molar-refractivity contribution is 6.42. The van der Waals surface area contributed by atoms with E-state index in [4.69, 9.17) is 28.3 Å². The van der Waals surface area contributed by atoms with Gasteiger partial charge in [-0.25, -0.2) is 0 Å². The monoisotopic (exact) mass is 287 g/mol. The van der Waals surface area contributed by atoms with Gasteiger partial charge in [0.25, 0.3) is 0 Å². The highest BCUT2D eigenvalue weighted by Crippen LogP contribution is 2.32. The van der Waals surface area contributed by atoms with Crippen molar-refractivity contribution in [3.05, 3.63) is 33.8 Å². The van der Waals surface area contributed by atoms with Crippen LogP contribution in [0.4, 0.5) is 0 Å². The lowest BCUT2D eigenvalue weighted by atomic mass is 9.98. The van der Waals surface area contributed by atoms with Crippen LogP contribution in [0.2, 0.25) is 10.0 Å². The molecule has 0 bridgehead atoms. The highest BCUT2D eigenvalue weighted by Gasteiger charge is 2.33. The molecule has 1 unspecified atom stereocenters. The number of aliphatic carboxylic acids is 1. The van der Waals surface area contributed by atoms with Gasteiger partial charge in [-0.2, -0.15) is 0 Å². The zero-order chi connectivity index (χ0) is 13.3. The molecule has 1 heterocycles. The van der Waals surface area contributed by atoms with E-state index in [0.29, 0.717) is 23.0 Å². The van der Waals surface area contributed by atoms with Gasteiger partial charge in [0.2, 0.25) is 5.91 Å². The van der Waals surface area contributed by atoms with E-state index < -0.39 is 5.97 Å². The molecule has 0 aromatic heterocycles. The number of carboxylic acids is 1. The Hall–Kier alpha value is -1.26. The summed E-state index contributed by atoms with van der Waals surface area (Å²) in [5.74, 6) is -1.49. The molecular formula is C12H11Cl2NO3. The van der Waals surface area contributed by atoms with E-state index in [1.54, 1.807) is 18.2 Å². The Morgan fingerprint density at radius 3 is 2.72 bits per heavy atom. The number of carbonyl (C=O) groups is 2. The average Bonchev–Trinajstić information content (AvgIpc) is 2.64. The van der Waals surface area contributed by atoms with E-state index >= 15 is 0 Å². The second kappa shape index (κ2) is 5.16. The van der Waals surface area contributed by atoms with Gasteiger partial charge in [-0.1, -0.05) is 29.3 Å². The van der Waals surface area contributed by atoms with E-state index in [-0.39, 0.29) is 18.4 Å². The number of hydrogen-bond donors (Lipinski definition) is 1. The standard InChI is InChI=1S/C12H11Cl2NO3/c13-9-2-1-7(5-10(9)14)8-3-4-15(12(8)18)6-11(16)17/h1-2,5,8H,3-4,6H2,(H,16,17). The molecule has 1 N–H and O–H groups in total. The summed E-state index contributed by atoms with van der Waals surface area (Å²) in [4.78, 5) is 24.0. The first-order chi connectivity index (χ1) is 8.49. The van der Waals surface area contributed by atoms with Gasteiger partial charge >= 0.3 is 5.97 Å². The van der Waals surface area contributed by atoms with Gasteiger partial charge in [-0.3, -0.25) is 9.59 Å². The summed E-state index contributed by atoms with van der Waals surface area (Å²) in [6, 6.07) is 5.06. The molecule has 0 aliphatic carbocycles. The molecule has 1 aromatic rings. The van der Waals surface area contributed by atoms with E-state index in [1.807, 2.05) is 0 Å². The van der Waals surface area contributed by atoms with Crippen LogP contribution in [0.5, 0.6) is 0 Å². The van der Waals surface area contributed by atoms with Crippen LogP contribution in [0.25, 0.3) is 0 Å². The third kappa shape index (κ3) is 2.60. The summed E-state index contributed by atoms with van der Waals surface area (Å²) < 4.78 is 0. The van der Waals surface area contributed by atoms with Crippen LogP contribution in [0.15, 0.2) is 18.2 Å². The van der Waals surface area contributed by atoms with Crippen LogP contribution in [0, 0.1) is 0 Å². The molecule has 1 aliphatic heterocycles. The number of halogens is 2. The Labute approximate surface area is 114 Å². The lowest BCUT2D eigenvalue weighted by Crippen LogP contribution is -2.32. The number of benzene rings is 1. The number of hydrogen-bond acceptors (Lipinski definition) is 2. The van der Waals surface area contributed by atoms with Crippen molar-refractivity contribution in [2.75, 3.05) is 13.1 Å². The second-order valence-electron chi connectivity index (χ2n) is 4.17. The molecule has 18 heavy (non-hydrogen) atoms. The van der Waals surface area contributed by atoms with Crippen molar-refractivity contribution in [2.45, 2.75) is 12.3 Å². The molecule has 2 rings (SSSR count).